The summed E-state index contributed by atoms with van der Waals surface area (Å²) in [5, 5.41) is 8.44. The average Bonchev–Trinajstić information content (AvgIpc) is 2.77. The molecule has 2 aromatic rings. The van der Waals surface area contributed by atoms with Crippen LogP contribution in [0.1, 0.15) is 32.0 Å². The van der Waals surface area contributed by atoms with Gasteiger partial charge in [0.1, 0.15) is 5.82 Å². The minimum Gasteiger partial charge on any atom is -0.330 e. The van der Waals surface area contributed by atoms with Crippen LogP contribution in [0, 0.1) is 5.92 Å². The second-order valence-electron chi connectivity index (χ2n) is 4.58. The molecule has 0 aliphatic rings. The Labute approximate surface area is 116 Å². The molecule has 2 rings (SSSR count). The van der Waals surface area contributed by atoms with Crippen LogP contribution >= 0.6 is 15.9 Å². The summed E-state index contributed by atoms with van der Waals surface area (Å²) in [5.41, 5.74) is 6.53. The Morgan fingerprint density at radius 1 is 1.33 bits per heavy atom. The molecule has 18 heavy (non-hydrogen) atoms. The Kier molecular flexibility index (Phi) is 4.72. The van der Waals surface area contributed by atoms with Crippen LogP contribution in [0.3, 0.4) is 0 Å². The molecule has 2 N–H and O–H groups in total. The monoisotopic (exact) mass is 310 g/mol. The minimum atomic E-state index is 0.689. The third-order valence-corrected chi connectivity index (χ3v) is 3.83. The highest BCUT2D eigenvalue weighted by Crippen LogP contribution is 2.17. The van der Waals surface area contributed by atoms with Gasteiger partial charge in [-0.2, -0.15) is 0 Å². The largest absolute Gasteiger partial charge is 0.330 e. The number of hydrogen-bond donors (Lipinski definition) is 1. The summed E-state index contributed by atoms with van der Waals surface area (Å²) in [6.07, 6.45) is 6.38. The van der Waals surface area contributed by atoms with E-state index in [9.17, 15) is 0 Å². The van der Waals surface area contributed by atoms with E-state index in [4.69, 9.17) is 5.73 Å². The van der Waals surface area contributed by atoms with E-state index in [1.165, 1.54) is 6.42 Å². The van der Waals surface area contributed by atoms with Crippen LogP contribution in [0.25, 0.3) is 5.65 Å². The predicted molar refractivity (Wildman–Crippen MR) is 76.5 cm³/mol. The van der Waals surface area contributed by atoms with Gasteiger partial charge in [-0.25, -0.2) is 0 Å². The predicted octanol–water partition coefficient (Wildman–Crippen LogP) is 2.80. The Balaban J connectivity index is 2.09. The fourth-order valence-electron chi connectivity index (χ4n) is 2.20. The molecule has 0 aliphatic carbocycles. The quantitative estimate of drug-likeness (QED) is 0.892. The van der Waals surface area contributed by atoms with Gasteiger partial charge in [0.25, 0.3) is 0 Å². The van der Waals surface area contributed by atoms with Gasteiger partial charge in [-0.3, -0.25) is 4.40 Å². The van der Waals surface area contributed by atoms with Crippen LogP contribution in [0.2, 0.25) is 0 Å². The number of fused-ring (bicyclic) bond motifs is 1. The maximum Gasteiger partial charge on any atom is 0.160 e. The third kappa shape index (κ3) is 3.09. The van der Waals surface area contributed by atoms with Gasteiger partial charge < -0.3 is 5.73 Å². The first kappa shape index (κ1) is 13.5. The molecule has 4 nitrogen and oxygen atoms in total. The lowest BCUT2D eigenvalue weighted by Crippen LogP contribution is -2.09. The van der Waals surface area contributed by atoms with E-state index in [1.54, 1.807) is 0 Å². The molecule has 2 heterocycles. The van der Waals surface area contributed by atoms with E-state index in [1.807, 2.05) is 18.3 Å². The molecule has 0 radical (unpaired) electrons. The summed E-state index contributed by atoms with van der Waals surface area (Å²) in [5.74, 6) is 1.72. The summed E-state index contributed by atoms with van der Waals surface area (Å²) in [7, 11) is 0. The van der Waals surface area contributed by atoms with E-state index in [0.717, 1.165) is 41.8 Å². The first-order valence-electron chi connectivity index (χ1n) is 6.43. The molecule has 0 saturated carbocycles. The SMILES string of the molecule is CCC(CCN)CCc1nnc2ccc(Br)cn12. The minimum absolute atomic E-state index is 0.689. The van der Waals surface area contributed by atoms with E-state index in [-0.39, 0.29) is 0 Å². The van der Waals surface area contributed by atoms with Gasteiger partial charge in [-0.1, -0.05) is 13.3 Å². The Morgan fingerprint density at radius 2 is 2.17 bits per heavy atom. The van der Waals surface area contributed by atoms with Crippen molar-refractivity contribution in [3.63, 3.8) is 0 Å². The molecule has 1 atom stereocenters. The molecule has 1 unspecified atom stereocenters. The molecule has 5 heteroatoms. The maximum atomic E-state index is 5.62. The number of pyridine rings is 1. The van der Waals surface area contributed by atoms with E-state index in [0.29, 0.717) is 5.92 Å². The first-order valence-corrected chi connectivity index (χ1v) is 7.23. The van der Waals surface area contributed by atoms with Crippen molar-refractivity contribution in [3.05, 3.63) is 28.6 Å². The number of rotatable bonds is 6. The number of aryl methyl sites for hydroxylation is 1. The fourth-order valence-corrected chi connectivity index (χ4v) is 2.54. The number of hydrogen-bond acceptors (Lipinski definition) is 3. The molecule has 0 bridgehead atoms. The number of nitrogens with two attached hydrogens (primary N) is 1. The van der Waals surface area contributed by atoms with Gasteiger partial charge in [0.15, 0.2) is 5.65 Å². The van der Waals surface area contributed by atoms with Crippen molar-refractivity contribution in [2.24, 2.45) is 11.7 Å². The van der Waals surface area contributed by atoms with Gasteiger partial charge in [0, 0.05) is 17.1 Å². The summed E-state index contributed by atoms with van der Waals surface area (Å²) in [6, 6.07) is 3.95. The number of halogens is 1. The van der Waals surface area contributed by atoms with Crippen LogP contribution < -0.4 is 5.73 Å². The lowest BCUT2D eigenvalue weighted by atomic mass is 9.96. The van der Waals surface area contributed by atoms with Crippen molar-refractivity contribution in [1.29, 1.82) is 0 Å². The van der Waals surface area contributed by atoms with Crippen molar-refractivity contribution in [2.75, 3.05) is 6.54 Å². The van der Waals surface area contributed by atoms with Crippen molar-refractivity contribution < 1.29 is 0 Å². The van der Waals surface area contributed by atoms with Crippen LogP contribution in [-0.2, 0) is 6.42 Å². The highest BCUT2D eigenvalue weighted by Gasteiger charge is 2.10. The van der Waals surface area contributed by atoms with Gasteiger partial charge in [-0.15, -0.1) is 10.2 Å². The maximum absolute atomic E-state index is 5.62. The zero-order valence-corrected chi connectivity index (χ0v) is 12.2. The molecule has 98 valence electrons. The molecule has 0 aliphatic heterocycles. The lowest BCUT2D eigenvalue weighted by Gasteiger charge is -2.12. The van der Waals surface area contributed by atoms with Crippen molar-refractivity contribution in [3.8, 4) is 0 Å². The third-order valence-electron chi connectivity index (χ3n) is 3.37. The molecule has 0 fully saturated rings. The fraction of sp³-hybridized carbons (Fsp3) is 0.538. The van der Waals surface area contributed by atoms with Crippen molar-refractivity contribution in [1.82, 2.24) is 14.6 Å². The Morgan fingerprint density at radius 3 is 2.89 bits per heavy atom. The molecular formula is C13H19BrN4. The molecule has 0 aromatic carbocycles. The van der Waals surface area contributed by atoms with Crippen LogP contribution in [-0.4, -0.2) is 21.1 Å². The van der Waals surface area contributed by atoms with E-state index in [2.05, 4.69) is 37.5 Å². The van der Waals surface area contributed by atoms with Crippen LogP contribution in [0.5, 0.6) is 0 Å². The smallest absolute Gasteiger partial charge is 0.160 e. The number of nitrogens with zero attached hydrogens (tertiary/aromatic N) is 3. The van der Waals surface area contributed by atoms with Crippen LogP contribution in [0.4, 0.5) is 0 Å². The van der Waals surface area contributed by atoms with Gasteiger partial charge in [0.2, 0.25) is 0 Å². The molecule has 0 saturated heterocycles. The summed E-state index contributed by atoms with van der Waals surface area (Å²) in [6.45, 7) is 2.99. The number of aromatic nitrogens is 3. The molecular weight excluding hydrogens is 292 g/mol. The summed E-state index contributed by atoms with van der Waals surface area (Å²) in [4.78, 5) is 0. The van der Waals surface area contributed by atoms with Gasteiger partial charge in [-0.05, 0) is 53.4 Å². The zero-order chi connectivity index (χ0) is 13.0. The van der Waals surface area contributed by atoms with E-state index < -0.39 is 0 Å². The Bertz CT molecular complexity index is 509. The standard InChI is InChI=1S/C13H19BrN4/c1-2-10(7-8-15)3-5-12-16-17-13-6-4-11(14)9-18(12)13/h4,6,9-10H,2-3,5,7-8,15H2,1H3. The average molecular weight is 311 g/mol. The molecule has 0 spiro atoms. The Hall–Kier alpha value is -0.940. The van der Waals surface area contributed by atoms with Crippen molar-refractivity contribution >= 4 is 21.6 Å². The lowest BCUT2D eigenvalue weighted by molar-refractivity contribution is 0.438. The van der Waals surface area contributed by atoms with Crippen molar-refractivity contribution in [2.45, 2.75) is 32.6 Å². The molecule has 2 aromatic heterocycles. The van der Waals surface area contributed by atoms with E-state index >= 15 is 0 Å². The van der Waals surface area contributed by atoms with Gasteiger partial charge in [0.05, 0.1) is 0 Å². The topological polar surface area (TPSA) is 56.2 Å². The van der Waals surface area contributed by atoms with Gasteiger partial charge >= 0.3 is 0 Å². The highest BCUT2D eigenvalue weighted by atomic mass is 79.9. The summed E-state index contributed by atoms with van der Waals surface area (Å²) < 4.78 is 3.10. The second-order valence-corrected chi connectivity index (χ2v) is 5.50. The second kappa shape index (κ2) is 6.29. The van der Waals surface area contributed by atoms with Crippen LogP contribution in [0.15, 0.2) is 22.8 Å². The normalized spacial score (nSPS) is 13.1. The zero-order valence-electron chi connectivity index (χ0n) is 10.6. The summed E-state index contributed by atoms with van der Waals surface area (Å²) >= 11 is 3.48. The first-order chi connectivity index (χ1) is 8.74. The molecule has 0 amide bonds. The highest BCUT2D eigenvalue weighted by molar-refractivity contribution is 9.10.